The minimum Gasteiger partial charge on any atom is -0.366 e. The van der Waals surface area contributed by atoms with E-state index in [1.807, 2.05) is 12.1 Å². The Morgan fingerprint density at radius 3 is 2.71 bits per heavy atom. The van der Waals surface area contributed by atoms with Gasteiger partial charge in [-0.05, 0) is 36.1 Å². The molecule has 0 fully saturated rings. The van der Waals surface area contributed by atoms with Crippen LogP contribution in [-0.2, 0) is 6.54 Å². The summed E-state index contributed by atoms with van der Waals surface area (Å²) in [4.78, 5) is 26.9. The molecule has 3 N–H and O–H groups in total. The normalized spacial score (nSPS) is 10.7. The summed E-state index contributed by atoms with van der Waals surface area (Å²) in [5, 5.41) is 4.04. The molecule has 0 atom stereocenters. The fraction of sp³-hybridized carbons (Fsp3) is 0.167. The van der Waals surface area contributed by atoms with E-state index in [1.54, 1.807) is 0 Å². The van der Waals surface area contributed by atoms with Gasteiger partial charge in [0.15, 0.2) is 0 Å². The summed E-state index contributed by atoms with van der Waals surface area (Å²) in [5.41, 5.74) is 6.88. The van der Waals surface area contributed by atoms with Crippen molar-refractivity contribution in [2.75, 3.05) is 6.54 Å². The number of fused-ring (bicyclic) bond motifs is 1. The molecular formula is C18H18N4O2. The lowest BCUT2D eigenvalue weighted by Gasteiger charge is -2.07. The van der Waals surface area contributed by atoms with Crippen LogP contribution in [0.5, 0.6) is 0 Å². The number of pyridine rings is 1. The summed E-state index contributed by atoms with van der Waals surface area (Å²) in [6.07, 6.45) is 4.17. The van der Waals surface area contributed by atoms with E-state index in [2.05, 4.69) is 39.3 Å². The summed E-state index contributed by atoms with van der Waals surface area (Å²) in [7, 11) is 0. The maximum atomic E-state index is 12.0. The lowest BCUT2D eigenvalue weighted by molar-refractivity contribution is 0.0944. The Labute approximate surface area is 139 Å². The minimum atomic E-state index is -0.562. The Bertz CT molecular complexity index is 868. The van der Waals surface area contributed by atoms with Crippen LogP contribution < -0.4 is 11.1 Å². The van der Waals surface area contributed by atoms with Gasteiger partial charge in [-0.1, -0.05) is 18.2 Å². The average molecular weight is 322 g/mol. The number of carbonyl (C=O) groups excluding carboxylic acids is 2. The summed E-state index contributed by atoms with van der Waals surface area (Å²) in [6.45, 7) is 1.37. The second kappa shape index (κ2) is 6.95. The quantitative estimate of drug-likeness (QED) is 0.680. The van der Waals surface area contributed by atoms with Crippen molar-refractivity contribution in [2.24, 2.45) is 5.73 Å². The van der Waals surface area contributed by atoms with Gasteiger partial charge in [-0.3, -0.25) is 14.6 Å². The fourth-order valence-electron chi connectivity index (χ4n) is 2.55. The third-order valence-corrected chi connectivity index (χ3v) is 3.82. The number of para-hydroxylation sites is 1. The van der Waals surface area contributed by atoms with Crippen molar-refractivity contribution >= 4 is 22.7 Å². The smallest absolute Gasteiger partial charge is 0.269 e. The molecule has 0 bridgehead atoms. The summed E-state index contributed by atoms with van der Waals surface area (Å²) >= 11 is 0. The van der Waals surface area contributed by atoms with Gasteiger partial charge in [-0.25, -0.2) is 0 Å². The maximum absolute atomic E-state index is 12.0. The van der Waals surface area contributed by atoms with E-state index < -0.39 is 5.91 Å². The number of benzene rings is 1. The Morgan fingerprint density at radius 2 is 1.96 bits per heavy atom. The van der Waals surface area contributed by atoms with E-state index >= 15 is 0 Å². The zero-order chi connectivity index (χ0) is 16.9. The molecule has 0 aliphatic carbocycles. The molecule has 2 heterocycles. The Hall–Kier alpha value is -3.15. The molecule has 0 unspecified atom stereocenters. The highest BCUT2D eigenvalue weighted by Gasteiger charge is 2.08. The van der Waals surface area contributed by atoms with E-state index in [9.17, 15) is 9.59 Å². The van der Waals surface area contributed by atoms with Crippen molar-refractivity contribution in [3.05, 3.63) is 66.1 Å². The first-order valence-corrected chi connectivity index (χ1v) is 7.73. The molecule has 0 radical (unpaired) electrons. The second-order valence-electron chi connectivity index (χ2n) is 5.47. The Kier molecular flexibility index (Phi) is 4.56. The van der Waals surface area contributed by atoms with Gasteiger partial charge in [0.25, 0.3) is 5.91 Å². The highest BCUT2D eigenvalue weighted by Crippen LogP contribution is 2.15. The van der Waals surface area contributed by atoms with Crippen molar-refractivity contribution in [1.29, 1.82) is 0 Å². The van der Waals surface area contributed by atoms with Crippen LogP contribution in [-0.4, -0.2) is 27.9 Å². The van der Waals surface area contributed by atoms with Crippen LogP contribution in [0, 0.1) is 0 Å². The van der Waals surface area contributed by atoms with Gasteiger partial charge in [0.1, 0.15) is 5.69 Å². The van der Waals surface area contributed by atoms with Gasteiger partial charge in [0.2, 0.25) is 5.91 Å². The van der Waals surface area contributed by atoms with Crippen LogP contribution in [0.15, 0.2) is 54.9 Å². The van der Waals surface area contributed by atoms with Crippen molar-refractivity contribution in [2.45, 2.75) is 13.0 Å². The molecule has 2 amide bonds. The summed E-state index contributed by atoms with van der Waals surface area (Å²) in [6, 6.07) is 13.3. The van der Waals surface area contributed by atoms with E-state index in [0.717, 1.165) is 13.0 Å². The molecule has 6 heteroatoms. The van der Waals surface area contributed by atoms with Crippen LogP contribution in [0.1, 0.15) is 27.3 Å². The lowest BCUT2D eigenvalue weighted by Crippen LogP contribution is -2.26. The molecule has 0 aliphatic heterocycles. The number of hydrogen-bond donors (Lipinski definition) is 2. The molecule has 0 saturated heterocycles. The highest BCUT2D eigenvalue weighted by molar-refractivity contribution is 5.95. The predicted molar refractivity (Wildman–Crippen MR) is 91.6 cm³/mol. The minimum absolute atomic E-state index is 0.261. The Balaban J connectivity index is 1.51. The van der Waals surface area contributed by atoms with E-state index in [1.165, 1.54) is 29.2 Å². The van der Waals surface area contributed by atoms with Crippen LogP contribution >= 0.6 is 0 Å². The third kappa shape index (κ3) is 3.43. The number of nitrogens with zero attached hydrogens (tertiary/aromatic N) is 2. The molecule has 0 spiro atoms. The van der Waals surface area contributed by atoms with E-state index in [0.29, 0.717) is 6.54 Å². The predicted octanol–water partition coefficient (Wildman–Crippen LogP) is 1.96. The zero-order valence-corrected chi connectivity index (χ0v) is 13.1. The number of amides is 2. The second-order valence-corrected chi connectivity index (χ2v) is 5.47. The monoisotopic (exact) mass is 322 g/mol. The molecule has 0 aliphatic rings. The van der Waals surface area contributed by atoms with Gasteiger partial charge in [0, 0.05) is 31.0 Å². The number of nitrogens with two attached hydrogens (primary N) is 1. The molecule has 1 aromatic carbocycles. The Morgan fingerprint density at radius 1 is 1.12 bits per heavy atom. The average Bonchev–Trinajstić information content (AvgIpc) is 3.02. The number of rotatable bonds is 6. The van der Waals surface area contributed by atoms with E-state index in [-0.39, 0.29) is 17.2 Å². The molecule has 2 aromatic heterocycles. The maximum Gasteiger partial charge on any atom is 0.269 e. The SMILES string of the molecule is NC(=O)c1ccc(C(=O)NCCCn2ccc3ccccc32)nc1. The summed E-state index contributed by atoms with van der Waals surface area (Å²) < 4.78 is 2.17. The molecule has 3 rings (SSSR count). The fourth-order valence-corrected chi connectivity index (χ4v) is 2.55. The van der Waals surface area contributed by atoms with Crippen LogP contribution in [0.25, 0.3) is 10.9 Å². The third-order valence-electron chi connectivity index (χ3n) is 3.82. The van der Waals surface area contributed by atoms with Crippen LogP contribution in [0.3, 0.4) is 0 Å². The largest absolute Gasteiger partial charge is 0.366 e. The van der Waals surface area contributed by atoms with Gasteiger partial charge in [-0.2, -0.15) is 0 Å². The zero-order valence-electron chi connectivity index (χ0n) is 13.1. The molecular weight excluding hydrogens is 304 g/mol. The number of nitrogens with one attached hydrogen (secondary N) is 1. The van der Waals surface area contributed by atoms with E-state index in [4.69, 9.17) is 5.73 Å². The topological polar surface area (TPSA) is 90.0 Å². The molecule has 0 saturated carbocycles. The van der Waals surface area contributed by atoms with Crippen LogP contribution in [0.2, 0.25) is 0 Å². The van der Waals surface area contributed by atoms with Gasteiger partial charge in [0.05, 0.1) is 5.56 Å². The summed E-state index contributed by atoms with van der Waals surface area (Å²) in [5.74, 6) is -0.822. The number of aromatic nitrogens is 2. The highest BCUT2D eigenvalue weighted by atomic mass is 16.2. The van der Waals surface area contributed by atoms with Crippen LogP contribution in [0.4, 0.5) is 0 Å². The van der Waals surface area contributed by atoms with Crippen molar-refractivity contribution < 1.29 is 9.59 Å². The van der Waals surface area contributed by atoms with Crippen molar-refractivity contribution in [3.63, 3.8) is 0 Å². The first-order chi connectivity index (χ1) is 11.6. The molecule has 3 aromatic rings. The van der Waals surface area contributed by atoms with Gasteiger partial charge in [-0.15, -0.1) is 0 Å². The van der Waals surface area contributed by atoms with Crippen molar-refractivity contribution in [1.82, 2.24) is 14.9 Å². The molecule has 122 valence electrons. The van der Waals surface area contributed by atoms with Gasteiger partial charge < -0.3 is 15.6 Å². The van der Waals surface area contributed by atoms with Gasteiger partial charge >= 0.3 is 0 Å². The number of carbonyl (C=O) groups is 2. The molecule has 24 heavy (non-hydrogen) atoms. The number of hydrogen-bond acceptors (Lipinski definition) is 3. The number of primary amides is 1. The van der Waals surface area contributed by atoms with Crippen molar-refractivity contribution in [3.8, 4) is 0 Å². The lowest BCUT2D eigenvalue weighted by atomic mass is 10.2. The first-order valence-electron chi connectivity index (χ1n) is 7.73. The number of aryl methyl sites for hydroxylation is 1. The standard InChI is InChI=1S/C18H18N4O2/c19-17(23)14-6-7-15(21-12-14)18(24)20-9-3-10-22-11-8-13-4-1-2-5-16(13)22/h1-2,4-8,11-12H,3,9-10H2,(H2,19,23)(H,20,24). The molecule has 6 nitrogen and oxygen atoms in total. The first kappa shape index (κ1) is 15.7.